The van der Waals surface area contributed by atoms with Gasteiger partial charge in [0.1, 0.15) is 19.3 Å². The van der Waals surface area contributed by atoms with Crippen LogP contribution in [-0.2, 0) is 4.79 Å². The van der Waals surface area contributed by atoms with Crippen LogP contribution in [0.2, 0.25) is 0 Å². The molecule has 106 valence electrons. The standard InChI is InChI=1S/C15H18N2O3/c1-9(2)8-17-12-7-14-13(19-4-5-20-14)6-11(12)16-10(3)15(17)18/h6-7,10,16H,1,4-5,8H2,2-3H3. The van der Waals surface area contributed by atoms with Gasteiger partial charge in [0.15, 0.2) is 11.5 Å². The first-order valence-electron chi connectivity index (χ1n) is 6.72. The van der Waals surface area contributed by atoms with Crippen molar-refractivity contribution in [3.05, 3.63) is 24.3 Å². The number of hydrogen-bond donors (Lipinski definition) is 1. The minimum absolute atomic E-state index is 0.0391. The van der Waals surface area contributed by atoms with Gasteiger partial charge in [-0.05, 0) is 13.8 Å². The molecule has 1 aromatic rings. The molecule has 0 aromatic heterocycles. The summed E-state index contributed by atoms with van der Waals surface area (Å²) in [6.07, 6.45) is 0. The molecule has 2 heterocycles. The van der Waals surface area contributed by atoms with Crippen molar-refractivity contribution in [2.75, 3.05) is 30.0 Å². The van der Waals surface area contributed by atoms with Gasteiger partial charge in [-0.3, -0.25) is 4.79 Å². The molecule has 5 heteroatoms. The number of rotatable bonds is 2. The van der Waals surface area contributed by atoms with E-state index in [1.165, 1.54) is 0 Å². The quantitative estimate of drug-likeness (QED) is 0.840. The molecule has 5 nitrogen and oxygen atoms in total. The van der Waals surface area contributed by atoms with Crippen LogP contribution in [-0.4, -0.2) is 31.7 Å². The van der Waals surface area contributed by atoms with Gasteiger partial charge >= 0.3 is 0 Å². The molecule has 1 aromatic carbocycles. The van der Waals surface area contributed by atoms with Gasteiger partial charge < -0.3 is 19.7 Å². The zero-order chi connectivity index (χ0) is 14.3. The van der Waals surface area contributed by atoms with Crippen LogP contribution in [0.5, 0.6) is 11.5 Å². The molecule has 0 spiro atoms. The molecule has 0 saturated heterocycles. The lowest BCUT2D eigenvalue weighted by molar-refractivity contribution is -0.119. The molecule has 2 aliphatic rings. The molecule has 0 radical (unpaired) electrons. The maximum absolute atomic E-state index is 12.3. The average Bonchev–Trinajstić information content (AvgIpc) is 2.42. The van der Waals surface area contributed by atoms with Crippen LogP contribution in [0.3, 0.4) is 0 Å². The molecular weight excluding hydrogens is 256 g/mol. The lowest BCUT2D eigenvalue weighted by Crippen LogP contribution is -2.46. The smallest absolute Gasteiger partial charge is 0.249 e. The van der Waals surface area contributed by atoms with Crippen LogP contribution < -0.4 is 19.7 Å². The average molecular weight is 274 g/mol. The number of anilines is 2. The Balaban J connectivity index is 2.06. The Morgan fingerprint density at radius 2 is 2.05 bits per heavy atom. The van der Waals surface area contributed by atoms with Crippen molar-refractivity contribution in [3.63, 3.8) is 0 Å². The molecule has 3 rings (SSSR count). The Bertz CT molecular complexity index is 583. The van der Waals surface area contributed by atoms with Gasteiger partial charge in [-0.15, -0.1) is 0 Å². The Hall–Kier alpha value is -2.17. The summed E-state index contributed by atoms with van der Waals surface area (Å²) in [5, 5.41) is 3.21. The summed E-state index contributed by atoms with van der Waals surface area (Å²) < 4.78 is 11.2. The van der Waals surface area contributed by atoms with E-state index in [9.17, 15) is 4.79 Å². The number of nitrogens with one attached hydrogen (secondary N) is 1. The number of carbonyl (C=O) groups is 1. The van der Waals surface area contributed by atoms with E-state index in [2.05, 4.69) is 11.9 Å². The molecule has 0 aliphatic carbocycles. The van der Waals surface area contributed by atoms with E-state index in [1.54, 1.807) is 4.90 Å². The highest BCUT2D eigenvalue weighted by Crippen LogP contribution is 2.42. The highest BCUT2D eigenvalue weighted by molar-refractivity contribution is 6.05. The second-order valence-electron chi connectivity index (χ2n) is 5.26. The van der Waals surface area contributed by atoms with E-state index >= 15 is 0 Å². The van der Waals surface area contributed by atoms with Crippen LogP contribution in [0.4, 0.5) is 11.4 Å². The van der Waals surface area contributed by atoms with Crippen molar-refractivity contribution in [3.8, 4) is 11.5 Å². The Kier molecular flexibility index (Phi) is 3.04. The lowest BCUT2D eigenvalue weighted by atomic mass is 10.1. The molecule has 2 aliphatic heterocycles. The molecule has 0 fully saturated rings. The molecular formula is C15H18N2O3. The topological polar surface area (TPSA) is 50.8 Å². The van der Waals surface area contributed by atoms with E-state index in [-0.39, 0.29) is 11.9 Å². The first-order chi connectivity index (χ1) is 9.56. The van der Waals surface area contributed by atoms with Crippen molar-refractivity contribution in [2.45, 2.75) is 19.9 Å². The summed E-state index contributed by atoms with van der Waals surface area (Å²) in [5.74, 6) is 1.45. The molecule has 0 saturated carbocycles. The van der Waals surface area contributed by atoms with E-state index in [0.29, 0.717) is 25.5 Å². The molecule has 1 amide bonds. The Morgan fingerprint density at radius 3 is 2.70 bits per heavy atom. The third-order valence-corrected chi connectivity index (χ3v) is 3.39. The maximum Gasteiger partial charge on any atom is 0.249 e. The highest BCUT2D eigenvalue weighted by Gasteiger charge is 2.31. The summed E-state index contributed by atoms with van der Waals surface area (Å²) in [5.41, 5.74) is 2.65. The van der Waals surface area contributed by atoms with Crippen molar-refractivity contribution in [1.82, 2.24) is 0 Å². The predicted octanol–water partition coefficient (Wildman–Crippen LogP) is 2.18. The number of ether oxygens (including phenoxy) is 2. The summed E-state index contributed by atoms with van der Waals surface area (Å²) in [6.45, 7) is 9.26. The lowest BCUT2D eigenvalue weighted by Gasteiger charge is -2.35. The fraction of sp³-hybridized carbons (Fsp3) is 0.400. The van der Waals surface area contributed by atoms with Crippen molar-refractivity contribution < 1.29 is 14.3 Å². The van der Waals surface area contributed by atoms with Gasteiger partial charge in [-0.2, -0.15) is 0 Å². The van der Waals surface area contributed by atoms with Gasteiger partial charge in [0, 0.05) is 18.7 Å². The first-order valence-corrected chi connectivity index (χ1v) is 6.72. The molecule has 1 atom stereocenters. The van der Waals surface area contributed by atoms with Crippen LogP contribution in [0, 0.1) is 0 Å². The van der Waals surface area contributed by atoms with E-state index in [0.717, 1.165) is 22.7 Å². The maximum atomic E-state index is 12.3. The van der Waals surface area contributed by atoms with Crippen LogP contribution in [0.25, 0.3) is 0 Å². The van der Waals surface area contributed by atoms with E-state index in [4.69, 9.17) is 9.47 Å². The summed E-state index contributed by atoms with van der Waals surface area (Å²) in [4.78, 5) is 14.1. The number of fused-ring (bicyclic) bond motifs is 2. The van der Waals surface area contributed by atoms with Gasteiger partial charge in [0.25, 0.3) is 0 Å². The minimum atomic E-state index is -0.260. The van der Waals surface area contributed by atoms with E-state index in [1.807, 2.05) is 26.0 Å². The number of carbonyl (C=O) groups excluding carboxylic acids is 1. The van der Waals surface area contributed by atoms with E-state index < -0.39 is 0 Å². The van der Waals surface area contributed by atoms with Gasteiger partial charge in [-0.1, -0.05) is 12.2 Å². The monoisotopic (exact) mass is 274 g/mol. The Labute approximate surface area is 118 Å². The number of nitrogens with zero attached hydrogens (tertiary/aromatic N) is 1. The predicted molar refractivity (Wildman–Crippen MR) is 77.7 cm³/mol. The van der Waals surface area contributed by atoms with Gasteiger partial charge in [0.05, 0.1) is 11.4 Å². The normalized spacial score (nSPS) is 20.2. The van der Waals surface area contributed by atoms with Gasteiger partial charge in [-0.25, -0.2) is 0 Å². The fourth-order valence-electron chi connectivity index (χ4n) is 2.50. The van der Waals surface area contributed by atoms with Crippen molar-refractivity contribution >= 4 is 17.3 Å². The van der Waals surface area contributed by atoms with Gasteiger partial charge in [0.2, 0.25) is 5.91 Å². The summed E-state index contributed by atoms with van der Waals surface area (Å²) in [7, 11) is 0. The minimum Gasteiger partial charge on any atom is -0.486 e. The third-order valence-electron chi connectivity index (χ3n) is 3.39. The Morgan fingerprint density at radius 1 is 1.40 bits per heavy atom. The largest absolute Gasteiger partial charge is 0.486 e. The highest BCUT2D eigenvalue weighted by atomic mass is 16.6. The van der Waals surface area contributed by atoms with Crippen molar-refractivity contribution in [2.24, 2.45) is 0 Å². The molecule has 20 heavy (non-hydrogen) atoms. The second kappa shape index (κ2) is 4.74. The van der Waals surface area contributed by atoms with Crippen molar-refractivity contribution in [1.29, 1.82) is 0 Å². The molecule has 1 N–H and O–H groups in total. The SMILES string of the molecule is C=C(C)CN1C(=O)C(C)Nc2cc3c(cc21)OCCO3. The summed E-state index contributed by atoms with van der Waals surface area (Å²) >= 11 is 0. The fourth-order valence-corrected chi connectivity index (χ4v) is 2.50. The number of benzene rings is 1. The molecule has 1 unspecified atom stereocenters. The summed E-state index contributed by atoms with van der Waals surface area (Å²) in [6, 6.07) is 3.51. The second-order valence-corrected chi connectivity index (χ2v) is 5.26. The van der Waals surface area contributed by atoms with Crippen LogP contribution in [0.15, 0.2) is 24.3 Å². The van der Waals surface area contributed by atoms with Crippen LogP contribution in [0.1, 0.15) is 13.8 Å². The number of amides is 1. The molecule has 0 bridgehead atoms. The zero-order valence-corrected chi connectivity index (χ0v) is 11.7. The van der Waals surface area contributed by atoms with Crippen LogP contribution >= 0.6 is 0 Å². The third kappa shape index (κ3) is 2.09. The first kappa shape index (κ1) is 12.8. The number of hydrogen-bond acceptors (Lipinski definition) is 4. The zero-order valence-electron chi connectivity index (χ0n) is 11.7.